The molecule has 1 rings (SSSR count). The molecule has 0 heterocycles. The van der Waals surface area contributed by atoms with E-state index in [0.717, 1.165) is 4.90 Å². The van der Waals surface area contributed by atoms with Crippen LogP contribution < -0.4 is 5.32 Å². The van der Waals surface area contributed by atoms with Crippen molar-refractivity contribution in [2.24, 2.45) is 5.92 Å². The summed E-state index contributed by atoms with van der Waals surface area (Å²) in [5, 5.41) is 19.5. The fraction of sp³-hybridized carbons (Fsp3) is 0.308. The lowest BCUT2D eigenvalue weighted by Crippen LogP contribution is -2.34. The molecule has 2 amide bonds. The quantitative estimate of drug-likeness (QED) is 0.891. The van der Waals surface area contributed by atoms with Crippen LogP contribution >= 0.6 is 0 Å². The first-order chi connectivity index (χ1) is 9.76. The number of nitrogens with one attached hydrogen (secondary N) is 1. The van der Waals surface area contributed by atoms with Crippen molar-refractivity contribution in [1.82, 2.24) is 4.90 Å². The van der Waals surface area contributed by atoms with Crippen molar-refractivity contribution < 1.29 is 23.5 Å². The highest BCUT2D eigenvalue weighted by Gasteiger charge is 2.18. The van der Waals surface area contributed by atoms with E-state index in [-0.39, 0.29) is 6.54 Å². The molecule has 0 spiro atoms. The van der Waals surface area contributed by atoms with E-state index in [1.54, 1.807) is 6.92 Å². The van der Waals surface area contributed by atoms with Gasteiger partial charge in [0.1, 0.15) is 11.6 Å². The Morgan fingerprint density at radius 1 is 1.43 bits per heavy atom. The minimum Gasteiger partial charge on any atom is -0.478 e. The van der Waals surface area contributed by atoms with Crippen LogP contribution in [0.3, 0.4) is 0 Å². The molecule has 8 heteroatoms. The van der Waals surface area contributed by atoms with Gasteiger partial charge in [-0.05, 0) is 13.0 Å². The smallest absolute Gasteiger partial charge is 0.338 e. The maximum Gasteiger partial charge on any atom is 0.338 e. The van der Waals surface area contributed by atoms with E-state index in [1.807, 2.05) is 6.07 Å². The van der Waals surface area contributed by atoms with Crippen LogP contribution in [-0.4, -0.2) is 35.6 Å². The number of anilines is 1. The molecule has 1 aromatic rings. The highest BCUT2D eigenvalue weighted by molar-refractivity contribution is 5.93. The SMILES string of the molecule is CC(C#N)CN(C)C(=O)Nc1cc(C(=O)O)c(F)cc1F. The number of carbonyl (C=O) groups is 2. The number of nitrogens with zero attached hydrogens (tertiary/aromatic N) is 2. The molecule has 0 radical (unpaired) electrons. The number of rotatable bonds is 4. The van der Waals surface area contributed by atoms with Crippen molar-refractivity contribution in [1.29, 1.82) is 5.26 Å². The molecule has 1 atom stereocenters. The van der Waals surface area contributed by atoms with Gasteiger partial charge in [-0.25, -0.2) is 18.4 Å². The molecule has 1 aromatic carbocycles. The number of carboxylic acid groups (broad SMARTS) is 1. The average Bonchev–Trinajstić information content (AvgIpc) is 2.40. The highest BCUT2D eigenvalue weighted by Crippen LogP contribution is 2.20. The summed E-state index contributed by atoms with van der Waals surface area (Å²) in [7, 11) is 1.39. The number of urea groups is 1. The van der Waals surface area contributed by atoms with Crippen LogP contribution in [0.1, 0.15) is 17.3 Å². The number of carbonyl (C=O) groups excluding carboxylic acids is 1. The van der Waals surface area contributed by atoms with Crippen LogP contribution in [0.15, 0.2) is 12.1 Å². The molecule has 0 bridgehead atoms. The Labute approximate surface area is 119 Å². The monoisotopic (exact) mass is 297 g/mol. The van der Waals surface area contributed by atoms with Gasteiger partial charge < -0.3 is 15.3 Å². The van der Waals surface area contributed by atoms with E-state index in [0.29, 0.717) is 12.1 Å². The van der Waals surface area contributed by atoms with Crippen LogP contribution in [0.5, 0.6) is 0 Å². The summed E-state index contributed by atoms with van der Waals surface area (Å²) in [4.78, 5) is 23.7. The number of hydrogen-bond donors (Lipinski definition) is 2. The van der Waals surface area contributed by atoms with E-state index >= 15 is 0 Å². The van der Waals surface area contributed by atoms with Gasteiger partial charge in [-0.3, -0.25) is 0 Å². The predicted octanol–water partition coefficient (Wildman–Crippen LogP) is 2.29. The second-order valence-electron chi connectivity index (χ2n) is 4.46. The van der Waals surface area contributed by atoms with Gasteiger partial charge in [0.2, 0.25) is 0 Å². The van der Waals surface area contributed by atoms with Crippen molar-refractivity contribution in [3.8, 4) is 6.07 Å². The van der Waals surface area contributed by atoms with E-state index < -0.39 is 40.8 Å². The van der Waals surface area contributed by atoms with Crippen LogP contribution in [-0.2, 0) is 0 Å². The molecule has 0 fully saturated rings. The maximum absolute atomic E-state index is 13.5. The number of aromatic carboxylic acids is 1. The largest absolute Gasteiger partial charge is 0.478 e. The van der Waals surface area contributed by atoms with Crippen molar-refractivity contribution in [3.63, 3.8) is 0 Å². The normalized spacial score (nSPS) is 11.4. The van der Waals surface area contributed by atoms with Crippen molar-refractivity contribution >= 4 is 17.7 Å². The second-order valence-corrected chi connectivity index (χ2v) is 4.46. The van der Waals surface area contributed by atoms with Crippen LogP contribution in [0.4, 0.5) is 19.3 Å². The molecule has 21 heavy (non-hydrogen) atoms. The van der Waals surface area contributed by atoms with Crippen molar-refractivity contribution in [2.75, 3.05) is 18.9 Å². The summed E-state index contributed by atoms with van der Waals surface area (Å²) in [5.41, 5.74) is -1.20. The Hall–Kier alpha value is -2.69. The number of benzene rings is 1. The van der Waals surface area contributed by atoms with E-state index in [1.165, 1.54) is 7.05 Å². The molecule has 0 aliphatic rings. The summed E-state index contributed by atoms with van der Waals surface area (Å²) in [6.07, 6.45) is 0. The van der Waals surface area contributed by atoms with Gasteiger partial charge in [-0.15, -0.1) is 0 Å². The van der Waals surface area contributed by atoms with E-state index in [4.69, 9.17) is 10.4 Å². The lowest BCUT2D eigenvalue weighted by Gasteiger charge is -2.19. The van der Waals surface area contributed by atoms with Gasteiger partial charge in [0.05, 0.1) is 23.2 Å². The third-order valence-electron chi connectivity index (χ3n) is 2.64. The zero-order chi connectivity index (χ0) is 16.2. The molecule has 2 N–H and O–H groups in total. The van der Waals surface area contributed by atoms with Crippen molar-refractivity contribution in [3.05, 3.63) is 29.3 Å². The highest BCUT2D eigenvalue weighted by atomic mass is 19.1. The first kappa shape index (κ1) is 16.4. The fourth-order valence-electron chi connectivity index (χ4n) is 1.55. The first-order valence-corrected chi connectivity index (χ1v) is 5.90. The van der Waals surface area contributed by atoms with Gasteiger partial charge in [0.25, 0.3) is 0 Å². The number of hydrogen-bond acceptors (Lipinski definition) is 3. The molecule has 112 valence electrons. The molecule has 6 nitrogen and oxygen atoms in total. The van der Waals surface area contributed by atoms with Gasteiger partial charge in [-0.1, -0.05) is 0 Å². The summed E-state index contributed by atoms with van der Waals surface area (Å²) in [6.45, 7) is 1.71. The van der Waals surface area contributed by atoms with Crippen molar-refractivity contribution in [2.45, 2.75) is 6.92 Å². The van der Waals surface area contributed by atoms with Crippen LogP contribution in [0.25, 0.3) is 0 Å². The third kappa shape index (κ3) is 4.14. The maximum atomic E-state index is 13.5. The molecule has 0 saturated heterocycles. The van der Waals surface area contributed by atoms with Gasteiger partial charge in [0, 0.05) is 19.7 Å². The van der Waals surface area contributed by atoms with E-state index in [2.05, 4.69) is 5.32 Å². The minimum absolute atomic E-state index is 0.108. The lowest BCUT2D eigenvalue weighted by atomic mass is 10.2. The van der Waals surface area contributed by atoms with Crippen LogP contribution in [0, 0.1) is 28.9 Å². The Morgan fingerprint density at radius 2 is 2.05 bits per heavy atom. The molecule has 0 saturated carbocycles. The topological polar surface area (TPSA) is 93.4 Å². The molecule has 1 unspecified atom stereocenters. The molecule has 0 aromatic heterocycles. The second kappa shape index (κ2) is 6.65. The lowest BCUT2D eigenvalue weighted by molar-refractivity contribution is 0.0691. The zero-order valence-corrected chi connectivity index (χ0v) is 11.4. The Balaban J connectivity index is 2.93. The number of amides is 2. The fourth-order valence-corrected chi connectivity index (χ4v) is 1.55. The summed E-state index contributed by atoms with van der Waals surface area (Å²) >= 11 is 0. The Kier molecular flexibility index (Phi) is 5.18. The number of carboxylic acids is 1. The summed E-state index contributed by atoms with van der Waals surface area (Å²) in [5.74, 6) is -4.32. The molecular formula is C13H13F2N3O3. The Morgan fingerprint density at radius 3 is 2.57 bits per heavy atom. The zero-order valence-electron chi connectivity index (χ0n) is 11.4. The van der Waals surface area contributed by atoms with Gasteiger partial charge in [0.15, 0.2) is 0 Å². The summed E-state index contributed by atoms with van der Waals surface area (Å²) in [6, 6.07) is 2.28. The third-order valence-corrected chi connectivity index (χ3v) is 2.64. The standard InChI is InChI=1S/C13H13F2N3O3/c1-7(5-16)6-18(2)13(21)17-11-3-8(12(19)20)9(14)4-10(11)15/h3-4,7H,6H2,1-2H3,(H,17,21)(H,19,20). The molecule has 0 aliphatic heterocycles. The Bertz CT molecular complexity index is 613. The predicted molar refractivity (Wildman–Crippen MR) is 69.7 cm³/mol. The summed E-state index contributed by atoms with van der Waals surface area (Å²) < 4.78 is 26.7. The first-order valence-electron chi connectivity index (χ1n) is 5.90. The number of halogens is 2. The van der Waals surface area contributed by atoms with Gasteiger partial charge >= 0.3 is 12.0 Å². The van der Waals surface area contributed by atoms with E-state index in [9.17, 15) is 18.4 Å². The van der Waals surface area contributed by atoms with Crippen LogP contribution in [0.2, 0.25) is 0 Å². The molecule has 0 aliphatic carbocycles. The average molecular weight is 297 g/mol. The minimum atomic E-state index is -1.57. The number of nitriles is 1. The van der Waals surface area contributed by atoms with Gasteiger partial charge in [-0.2, -0.15) is 5.26 Å². The molecular weight excluding hydrogens is 284 g/mol.